The third-order valence-corrected chi connectivity index (χ3v) is 4.95. The van der Waals surface area contributed by atoms with Gasteiger partial charge in [-0.15, -0.1) is 0 Å². The lowest BCUT2D eigenvalue weighted by molar-refractivity contribution is 0.495. The standard InChI is InChI=1S/C15H24BrNOS/c1-3-10-17-13(2)7-4-5-11-19(18)15-9-6-8-14(16)12-15/h6,8-9,12-13,17H,3-5,7,10-11H2,1-2H3. The summed E-state index contributed by atoms with van der Waals surface area (Å²) in [4.78, 5) is 0.923. The summed E-state index contributed by atoms with van der Waals surface area (Å²) in [6.07, 6.45) is 4.50. The molecule has 0 radical (unpaired) electrons. The lowest BCUT2D eigenvalue weighted by Gasteiger charge is -2.12. The second-order valence-electron chi connectivity index (χ2n) is 4.86. The smallest absolute Gasteiger partial charge is 0.0529 e. The summed E-state index contributed by atoms with van der Waals surface area (Å²) in [7, 11) is -0.864. The summed E-state index contributed by atoms with van der Waals surface area (Å²) < 4.78 is 13.1. The van der Waals surface area contributed by atoms with Crippen molar-refractivity contribution in [2.24, 2.45) is 0 Å². The Kier molecular flexibility index (Phi) is 8.58. The van der Waals surface area contributed by atoms with Gasteiger partial charge in [-0.25, -0.2) is 0 Å². The van der Waals surface area contributed by atoms with E-state index in [1.54, 1.807) is 0 Å². The molecule has 4 heteroatoms. The average molecular weight is 346 g/mol. The quantitative estimate of drug-likeness (QED) is 0.682. The summed E-state index contributed by atoms with van der Waals surface area (Å²) in [5, 5.41) is 3.48. The molecule has 2 unspecified atom stereocenters. The Morgan fingerprint density at radius 1 is 1.37 bits per heavy atom. The molecule has 0 aliphatic heterocycles. The van der Waals surface area contributed by atoms with Crippen molar-refractivity contribution in [2.75, 3.05) is 12.3 Å². The maximum Gasteiger partial charge on any atom is 0.0529 e. The van der Waals surface area contributed by atoms with E-state index in [1.807, 2.05) is 24.3 Å². The van der Waals surface area contributed by atoms with Gasteiger partial charge in [0.25, 0.3) is 0 Å². The van der Waals surface area contributed by atoms with Crippen molar-refractivity contribution in [3.8, 4) is 0 Å². The fraction of sp³-hybridized carbons (Fsp3) is 0.600. The van der Waals surface area contributed by atoms with Gasteiger partial charge < -0.3 is 5.32 Å². The predicted molar refractivity (Wildman–Crippen MR) is 87.0 cm³/mol. The highest BCUT2D eigenvalue weighted by Gasteiger charge is 2.05. The van der Waals surface area contributed by atoms with Crippen molar-refractivity contribution in [3.05, 3.63) is 28.7 Å². The highest BCUT2D eigenvalue weighted by atomic mass is 79.9. The Balaban J connectivity index is 2.21. The van der Waals surface area contributed by atoms with Crippen molar-refractivity contribution < 1.29 is 4.21 Å². The first-order valence-corrected chi connectivity index (χ1v) is 9.12. The molecule has 0 heterocycles. The van der Waals surface area contributed by atoms with Crippen molar-refractivity contribution in [2.45, 2.75) is 50.5 Å². The Morgan fingerprint density at radius 3 is 2.84 bits per heavy atom. The minimum atomic E-state index is -0.864. The minimum absolute atomic E-state index is 0.569. The van der Waals surface area contributed by atoms with Gasteiger partial charge >= 0.3 is 0 Å². The molecule has 0 amide bonds. The number of rotatable bonds is 9. The Bertz CT molecular complexity index is 397. The van der Waals surface area contributed by atoms with Gasteiger partial charge in [-0.3, -0.25) is 4.21 Å². The maximum atomic E-state index is 12.1. The summed E-state index contributed by atoms with van der Waals surface area (Å²) in [5.41, 5.74) is 0. The molecule has 2 atom stereocenters. The monoisotopic (exact) mass is 345 g/mol. The molecule has 19 heavy (non-hydrogen) atoms. The number of benzene rings is 1. The van der Waals surface area contributed by atoms with E-state index in [1.165, 1.54) is 6.42 Å². The van der Waals surface area contributed by atoms with Crippen LogP contribution in [0, 0.1) is 0 Å². The molecular weight excluding hydrogens is 322 g/mol. The fourth-order valence-corrected chi connectivity index (χ4v) is 3.64. The number of unbranched alkanes of at least 4 members (excludes halogenated alkanes) is 1. The molecule has 0 bridgehead atoms. The van der Waals surface area contributed by atoms with Gasteiger partial charge in [-0.2, -0.15) is 0 Å². The van der Waals surface area contributed by atoms with E-state index in [9.17, 15) is 4.21 Å². The third-order valence-electron chi connectivity index (χ3n) is 3.02. The number of halogens is 1. The fourth-order valence-electron chi connectivity index (χ4n) is 1.90. The maximum absolute atomic E-state index is 12.1. The second-order valence-corrected chi connectivity index (χ2v) is 7.34. The topological polar surface area (TPSA) is 29.1 Å². The molecule has 0 spiro atoms. The van der Waals surface area contributed by atoms with Gasteiger partial charge in [0.05, 0.1) is 10.8 Å². The van der Waals surface area contributed by atoms with Crippen LogP contribution >= 0.6 is 15.9 Å². The largest absolute Gasteiger partial charge is 0.314 e. The normalized spacial score (nSPS) is 14.3. The van der Waals surface area contributed by atoms with E-state index < -0.39 is 10.8 Å². The van der Waals surface area contributed by atoms with E-state index in [0.717, 1.165) is 40.9 Å². The highest BCUT2D eigenvalue weighted by molar-refractivity contribution is 9.10. The van der Waals surface area contributed by atoms with Crippen LogP contribution in [0.2, 0.25) is 0 Å². The molecule has 1 aromatic rings. The van der Waals surface area contributed by atoms with Crippen LogP contribution in [0.15, 0.2) is 33.6 Å². The predicted octanol–water partition coefficient (Wildman–Crippen LogP) is 4.12. The van der Waals surface area contributed by atoms with Crippen LogP contribution < -0.4 is 5.32 Å². The van der Waals surface area contributed by atoms with Crippen LogP contribution in [-0.2, 0) is 10.8 Å². The van der Waals surface area contributed by atoms with Gasteiger partial charge in [-0.05, 0) is 50.9 Å². The van der Waals surface area contributed by atoms with Gasteiger partial charge in [0.2, 0.25) is 0 Å². The molecule has 1 N–H and O–H groups in total. The summed E-state index contributed by atoms with van der Waals surface area (Å²) in [6.45, 7) is 5.49. The molecule has 2 nitrogen and oxygen atoms in total. The van der Waals surface area contributed by atoms with Crippen LogP contribution in [-0.4, -0.2) is 22.5 Å². The van der Waals surface area contributed by atoms with Crippen molar-refractivity contribution in [1.29, 1.82) is 0 Å². The molecule has 108 valence electrons. The van der Waals surface area contributed by atoms with Crippen LogP contribution in [0.3, 0.4) is 0 Å². The van der Waals surface area contributed by atoms with Crippen molar-refractivity contribution in [3.63, 3.8) is 0 Å². The second kappa shape index (κ2) is 9.67. The number of hydrogen-bond donors (Lipinski definition) is 1. The zero-order chi connectivity index (χ0) is 14.1. The van der Waals surface area contributed by atoms with E-state index >= 15 is 0 Å². The van der Waals surface area contributed by atoms with Crippen LogP contribution in [0.1, 0.15) is 39.5 Å². The first-order valence-electron chi connectivity index (χ1n) is 7.00. The molecule has 1 rings (SSSR count). The Labute approximate surface area is 128 Å². The van der Waals surface area contributed by atoms with E-state index in [0.29, 0.717) is 6.04 Å². The van der Waals surface area contributed by atoms with Gasteiger partial charge in [0.15, 0.2) is 0 Å². The molecule has 0 fully saturated rings. The molecule has 0 aliphatic rings. The van der Waals surface area contributed by atoms with Crippen molar-refractivity contribution >= 4 is 26.7 Å². The summed E-state index contributed by atoms with van der Waals surface area (Å²) >= 11 is 3.41. The van der Waals surface area contributed by atoms with Gasteiger partial charge in [0.1, 0.15) is 0 Å². The van der Waals surface area contributed by atoms with Crippen LogP contribution in [0.4, 0.5) is 0 Å². The summed E-state index contributed by atoms with van der Waals surface area (Å²) in [5.74, 6) is 0.761. The molecule has 1 aromatic carbocycles. The Morgan fingerprint density at radius 2 is 2.16 bits per heavy atom. The van der Waals surface area contributed by atoms with E-state index in [-0.39, 0.29) is 0 Å². The highest BCUT2D eigenvalue weighted by Crippen LogP contribution is 2.16. The Hall–Kier alpha value is -0.190. The molecule has 0 aromatic heterocycles. The average Bonchev–Trinajstić information content (AvgIpc) is 2.41. The van der Waals surface area contributed by atoms with E-state index in [4.69, 9.17) is 0 Å². The first-order chi connectivity index (χ1) is 9.13. The molecular formula is C15H24BrNOS. The zero-order valence-corrected chi connectivity index (χ0v) is 14.2. The lowest BCUT2D eigenvalue weighted by Crippen LogP contribution is -2.26. The molecule has 0 saturated carbocycles. The van der Waals surface area contributed by atoms with E-state index in [2.05, 4.69) is 35.1 Å². The molecule has 0 saturated heterocycles. The van der Waals surface area contributed by atoms with Gasteiger partial charge in [-0.1, -0.05) is 35.3 Å². The number of nitrogens with one attached hydrogen (secondary N) is 1. The van der Waals surface area contributed by atoms with Crippen LogP contribution in [0.25, 0.3) is 0 Å². The first kappa shape index (κ1) is 16.9. The zero-order valence-electron chi connectivity index (χ0n) is 11.8. The summed E-state index contributed by atoms with van der Waals surface area (Å²) in [6, 6.07) is 8.35. The van der Waals surface area contributed by atoms with Crippen LogP contribution in [0.5, 0.6) is 0 Å². The lowest BCUT2D eigenvalue weighted by atomic mass is 10.1. The molecule has 0 aliphatic carbocycles. The third kappa shape index (κ3) is 7.23. The van der Waals surface area contributed by atoms with Crippen molar-refractivity contribution in [1.82, 2.24) is 5.32 Å². The van der Waals surface area contributed by atoms with Gasteiger partial charge in [0, 0.05) is 21.2 Å². The SMILES string of the molecule is CCCNC(C)CCCCS(=O)c1cccc(Br)c1. The minimum Gasteiger partial charge on any atom is -0.314 e. The number of hydrogen-bond acceptors (Lipinski definition) is 2.